The van der Waals surface area contributed by atoms with Crippen molar-refractivity contribution in [2.45, 2.75) is 40.3 Å². The van der Waals surface area contributed by atoms with Crippen LogP contribution in [0.3, 0.4) is 0 Å². The maximum Gasteiger partial charge on any atom is 0.175 e. The molecule has 0 aliphatic carbocycles. The fourth-order valence-corrected chi connectivity index (χ4v) is 3.70. The van der Waals surface area contributed by atoms with Crippen molar-refractivity contribution in [2.75, 3.05) is 32.8 Å². The van der Waals surface area contributed by atoms with Crippen LogP contribution < -0.4 is 14.8 Å². The lowest BCUT2D eigenvalue weighted by molar-refractivity contribution is 0.264. The van der Waals surface area contributed by atoms with Gasteiger partial charge in [0.2, 0.25) is 0 Å². The number of rotatable bonds is 13. The van der Waals surface area contributed by atoms with Crippen molar-refractivity contribution in [1.82, 2.24) is 10.2 Å². The van der Waals surface area contributed by atoms with Crippen LogP contribution >= 0.6 is 40.7 Å². The van der Waals surface area contributed by atoms with Crippen molar-refractivity contribution in [1.29, 1.82) is 0 Å². The molecule has 0 aliphatic heterocycles. The van der Waals surface area contributed by atoms with E-state index in [0.717, 1.165) is 49.2 Å². The van der Waals surface area contributed by atoms with Gasteiger partial charge in [-0.15, -0.1) is 24.8 Å². The zero-order valence-electron chi connectivity index (χ0n) is 18.5. The number of nitrogens with zero attached hydrogens (tertiary/aromatic N) is 1. The molecule has 2 aromatic rings. The Bertz CT molecular complexity index is 764. The summed E-state index contributed by atoms with van der Waals surface area (Å²) in [6.45, 7) is 12.0. The van der Waals surface area contributed by atoms with Gasteiger partial charge in [0.1, 0.15) is 12.4 Å². The number of nitrogens with one attached hydrogen (secondary N) is 1. The predicted octanol–water partition coefficient (Wildman–Crippen LogP) is 6.23. The molecule has 0 atom stereocenters. The molecular formula is C23H34BrCl2FN2O2. The van der Waals surface area contributed by atoms with E-state index in [-0.39, 0.29) is 37.2 Å². The van der Waals surface area contributed by atoms with Gasteiger partial charge in [0.25, 0.3) is 0 Å². The Morgan fingerprint density at radius 2 is 1.74 bits per heavy atom. The number of hydrogen-bond acceptors (Lipinski definition) is 4. The summed E-state index contributed by atoms with van der Waals surface area (Å²) < 4.78 is 26.4. The molecule has 0 aliphatic rings. The van der Waals surface area contributed by atoms with Crippen molar-refractivity contribution in [3.63, 3.8) is 0 Å². The highest BCUT2D eigenvalue weighted by Gasteiger charge is 2.13. The van der Waals surface area contributed by atoms with Crippen LogP contribution in [0, 0.1) is 5.82 Å². The van der Waals surface area contributed by atoms with Crippen molar-refractivity contribution in [3.8, 4) is 11.5 Å². The first kappa shape index (κ1) is 29.9. The number of halogens is 4. The summed E-state index contributed by atoms with van der Waals surface area (Å²) >= 11 is 3.59. The predicted molar refractivity (Wildman–Crippen MR) is 135 cm³/mol. The van der Waals surface area contributed by atoms with Crippen LogP contribution in [0.25, 0.3) is 0 Å². The molecule has 0 saturated heterocycles. The zero-order chi connectivity index (χ0) is 21.1. The number of benzene rings is 2. The average Bonchev–Trinajstić information content (AvgIpc) is 2.71. The van der Waals surface area contributed by atoms with E-state index in [1.807, 2.05) is 19.1 Å². The Morgan fingerprint density at radius 1 is 1.03 bits per heavy atom. The van der Waals surface area contributed by atoms with Crippen molar-refractivity contribution < 1.29 is 13.9 Å². The lowest BCUT2D eigenvalue weighted by Crippen LogP contribution is -2.27. The minimum Gasteiger partial charge on any atom is -0.490 e. The van der Waals surface area contributed by atoms with Crippen molar-refractivity contribution >= 4 is 40.7 Å². The Morgan fingerprint density at radius 3 is 2.39 bits per heavy atom. The van der Waals surface area contributed by atoms with E-state index in [2.05, 4.69) is 40.0 Å². The first-order chi connectivity index (χ1) is 14.1. The molecule has 0 bridgehead atoms. The molecule has 0 saturated carbocycles. The minimum absolute atomic E-state index is 0. The van der Waals surface area contributed by atoms with Gasteiger partial charge in [-0.05, 0) is 79.2 Å². The molecule has 31 heavy (non-hydrogen) atoms. The Balaban J connectivity index is 0.00000450. The highest BCUT2D eigenvalue weighted by Crippen LogP contribution is 2.37. The van der Waals surface area contributed by atoms with Gasteiger partial charge < -0.3 is 19.7 Å². The molecule has 2 aromatic carbocycles. The minimum atomic E-state index is -0.271. The molecule has 0 radical (unpaired) electrons. The molecule has 0 amide bonds. The normalized spacial score (nSPS) is 10.4. The van der Waals surface area contributed by atoms with Crippen molar-refractivity contribution in [3.05, 3.63) is 57.8 Å². The third kappa shape index (κ3) is 9.96. The molecule has 0 fully saturated rings. The van der Waals surface area contributed by atoms with Gasteiger partial charge in [0.05, 0.1) is 11.1 Å². The summed E-state index contributed by atoms with van der Waals surface area (Å²) in [6, 6.07) is 10.6. The van der Waals surface area contributed by atoms with Gasteiger partial charge in [-0.3, -0.25) is 0 Å². The standard InChI is InChI=1S/C23H32BrFN2O2.2ClH/c1-4-27(5-2)13-9-12-26-16-18-14-20(24)23(22(15-18)28-6-3)29-17-19-10-7-8-11-21(19)25;;/h7-8,10-11,14-15,26H,4-6,9,12-13,16-17H2,1-3H3;2*1H. The summed E-state index contributed by atoms with van der Waals surface area (Å²) in [7, 11) is 0. The van der Waals surface area contributed by atoms with E-state index < -0.39 is 0 Å². The summed E-state index contributed by atoms with van der Waals surface area (Å²) in [4.78, 5) is 2.42. The van der Waals surface area contributed by atoms with Crippen LogP contribution in [0.15, 0.2) is 40.9 Å². The maximum atomic E-state index is 13.9. The van der Waals surface area contributed by atoms with Crippen LogP contribution in [-0.2, 0) is 13.2 Å². The first-order valence-electron chi connectivity index (χ1n) is 10.3. The fourth-order valence-electron chi connectivity index (χ4n) is 3.09. The van der Waals surface area contributed by atoms with Crippen molar-refractivity contribution in [2.24, 2.45) is 0 Å². The second kappa shape index (κ2) is 16.6. The van der Waals surface area contributed by atoms with Crippen LogP contribution in [0.2, 0.25) is 0 Å². The molecule has 0 unspecified atom stereocenters. The SMILES string of the molecule is CCOc1cc(CNCCCN(CC)CC)cc(Br)c1OCc1ccccc1F.Cl.Cl. The molecule has 0 aromatic heterocycles. The van der Waals surface area contributed by atoms with Gasteiger partial charge in [-0.1, -0.05) is 32.0 Å². The van der Waals surface area contributed by atoms with E-state index in [1.54, 1.807) is 18.2 Å². The zero-order valence-corrected chi connectivity index (χ0v) is 21.7. The summed E-state index contributed by atoms with van der Waals surface area (Å²) in [5, 5.41) is 3.49. The van der Waals surface area contributed by atoms with E-state index in [0.29, 0.717) is 23.7 Å². The maximum absolute atomic E-state index is 13.9. The van der Waals surface area contributed by atoms with Crippen LogP contribution in [-0.4, -0.2) is 37.7 Å². The molecule has 1 N–H and O–H groups in total. The highest BCUT2D eigenvalue weighted by atomic mass is 79.9. The van der Waals surface area contributed by atoms with Gasteiger partial charge in [0.15, 0.2) is 11.5 Å². The summed E-state index contributed by atoms with van der Waals surface area (Å²) in [5.74, 6) is 0.991. The Hall–Kier alpha value is -1.05. The third-order valence-electron chi connectivity index (χ3n) is 4.75. The van der Waals surface area contributed by atoms with Crippen LogP contribution in [0.1, 0.15) is 38.3 Å². The monoisotopic (exact) mass is 538 g/mol. The Labute approximate surface area is 206 Å². The average molecular weight is 540 g/mol. The van der Waals surface area contributed by atoms with Crippen LogP contribution in [0.4, 0.5) is 4.39 Å². The number of hydrogen-bond donors (Lipinski definition) is 1. The molecular weight excluding hydrogens is 506 g/mol. The second-order valence-electron chi connectivity index (χ2n) is 6.78. The number of ether oxygens (including phenoxy) is 2. The summed E-state index contributed by atoms with van der Waals surface area (Å²) in [5.41, 5.74) is 1.63. The molecule has 4 nitrogen and oxygen atoms in total. The van der Waals surface area contributed by atoms with E-state index in [9.17, 15) is 4.39 Å². The smallest absolute Gasteiger partial charge is 0.175 e. The van der Waals surface area contributed by atoms with Gasteiger partial charge in [0, 0.05) is 12.1 Å². The highest BCUT2D eigenvalue weighted by molar-refractivity contribution is 9.10. The summed E-state index contributed by atoms with van der Waals surface area (Å²) in [6.07, 6.45) is 1.12. The van der Waals surface area contributed by atoms with Gasteiger partial charge in [-0.2, -0.15) is 0 Å². The van der Waals surface area contributed by atoms with E-state index >= 15 is 0 Å². The molecule has 2 rings (SSSR count). The molecule has 176 valence electrons. The van der Waals surface area contributed by atoms with Crippen LogP contribution in [0.5, 0.6) is 11.5 Å². The molecule has 0 spiro atoms. The quantitative estimate of drug-likeness (QED) is 0.306. The molecule has 8 heteroatoms. The fraction of sp³-hybridized carbons (Fsp3) is 0.478. The lowest BCUT2D eigenvalue weighted by Gasteiger charge is -2.18. The first-order valence-corrected chi connectivity index (χ1v) is 11.1. The molecule has 0 heterocycles. The van der Waals surface area contributed by atoms with E-state index in [1.165, 1.54) is 6.07 Å². The topological polar surface area (TPSA) is 33.7 Å². The largest absolute Gasteiger partial charge is 0.490 e. The van der Waals surface area contributed by atoms with Gasteiger partial charge >= 0.3 is 0 Å². The third-order valence-corrected chi connectivity index (χ3v) is 5.34. The van der Waals surface area contributed by atoms with Gasteiger partial charge in [-0.25, -0.2) is 4.39 Å². The second-order valence-corrected chi connectivity index (χ2v) is 7.63. The Kier molecular flexibility index (Phi) is 16.0. The van der Waals surface area contributed by atoms with E-state index in [4.69, 9.17) is 9.47 Å². The lowest BCUT2D eigenvalue weighted by atomic mass is 10.2.